The summed E-state index contributed by atoms with van der Waals surface area (Å²) in [5.41, 5.74) is 1.43. The predicted molar refractivity (Wildman–Crippen MR) is 93.4 cm³/mol. The molecule has 0 aliphatic rings. The highest BCUT2D eigenvalue weighted by atomic mass is 127. The summed E-state index contributed by atoms with van der Waals surface area (Å²) in [5, 5.41) is 3.34. The summed E-state index contributed by atoms with van der Waals surface area (Å²) in [6.45, 7) is 2.81. The van der Waals surface area contributed by atoms with Crippen molar-refractivity contribution >= 4 is 38.5 Å². The van der Waals surface area contributed by atoms with Crippen LogP contribution in [0.1, 0.15) is 30.5 Å². The number of rotatable bonds is 5. The molecule has 1 nitrogen and oxygen atoms in total. The fourth-order valence-electron chi connectivity index (χ4n) is 2.15. The monoisotopic (exact) mass is 465 g/mol. The maximum atomic E-state index is 14.2. The average Bonchev–Trinajstić information content (AvgIpc) is 2.44. The standard InChI is InChI=1S/C16H15BrF2IN/c1-2-7-21-16(12-5-4-11(18)9-14(12)19)13-8-10(17)3-6-15(13)20/h3-6,8-9,16,21H,2,7H2,1H3. The van der Waals surface area contributed by atoms with Gasteiger partial charge < -0.3 is 5.32 Å². The molecule has 0 fully saturated rings. The fraction of sp³-hybridized carbons (Fsp3) is 0.250. The first kappa shape index (κ1) is 16.8. The number of nitrogens with one attached hydrogen (secondary N) is 1. The summed E-state index contributed by atoms with van der Waals surface area (Å²) in [6.07, 6.45) is 0.934. The quantitative estimate of drug-likeness (QED) is 0.581. The lowest BCUT2D eigenvalue weighted by atomic mass is 9.98. The molecule has 2 aromatic rings. The molecule has 112 valence electrons. The minimum absolute atomic E-state index is 0.296. The number of benzene rings is 2. The molecule has 0 saturated carbocycles. The van der Waals surface area contributed by atoms with Gasteiger partial charge in [0.15, 0.2) is 0 Å². The van der Waals surface area contributed by atoms with E-state index in [0.717, 1.165) is 32.6 Å². The van der Waals surface area contributed by atoms with Crippen LogP contribution in [0.3, 0.4) is 0 Å². The van der Waals surface area contributed by atoms with Crippen molar-refractivity contribution in [2.75, 3.05) is 6.54 Å². The van der Waals surface area contributed by atoms with Crippen LogP contribution in [0.4, 0.5) is 8.78 Å². The Morgan fingerprint density at radius 2 is 1.90 bits per heavy atom. The van der Waals surface area contributed by atoms with Crippen molar-refractivity contribution in [1.82, 2.24) is 5.32 Å². The average molecular weight is 466 g/mol. The summed E-state index contributed by atoms with van der Waals surface area (Å²) in [7, 11) is 0. The molecule has 0 aliphatic heterocycles. The first-order valence-electron chi connectivity index (χ1n) is 6.66. The van der Waals surface area contributed by atoms with E-state index in [4.69, 9.17) is 0 Å². The smallest absolute Gasteiger partial charge is 0.131 e. The highest BCUT2D eigenvalue weighted by Gasteiger charge is 2.20. The van der Waals surface area contributed by atoms with E-state index in [1.807, 2.05) is 18.2 Å². The maximum Gasteiger partial charge on any atom is 0.131 e. The van der Waals surface area contributed by atoms with E-state index >= 15 is 0 Å². The molecule has 0 radical (unpaired) electrons. The minimum atomic E-state index is -0.561. The van der Waals surface area contributed by atoms with Crippen molar-refractivity contribution in [2.24, 2.45) is 0 Å². The first-order valence-corrected chi connectivity index (χ1v) is 8.53. The van der Waals surface area contributed by atoms with Crippen LogP contribution in [0.15, 0.2) is 40.9 Å². The van der Waals surface area contributed by atoms with Crippen LogP contribution >= 0.6 is 38.5 Å². The molecule has 1 unspecified atom stereocenters. The van der Waals surface area contributed by atoms with Gasteiger partial charge in [0.2, 0.25) is 0 Å². The lowest BCUT2D eigenvalue weighted by Gasteiger charge is -2.22. The van der Waals surface area contributed by atoms with Crippen molar-refractivity contribution in [3.05, 3.63) is 67.2 Å². The maximum absolute atomic E-state index is 14.2. The number of halogens is 4. The highest BCUT2D eigenvalue weighted by molar-refractivity contribution is 14.1. The second-order valence-electron chi connectivity index (χ2n) is 4.72. The Kier molecular flexibility index (Phi) is 6.13. The zero-order valence-electron chi connectivity index (χ0n) is 11.5. The molecule has 2 aromatic carbocycles. The molecule has 0 amide bonds. The zero-order chi connectivity index (χ0) is 15.4. The van der Waals surface area contributed by atoms with Gasteiger partial charge in [0.25, 0.3) is 0 Å². The normalized spacial score (nSPS) is 12.4. The van der Waals surface area contributed by atoms with E-state index in [1.54, 1.807) is 0 Å². The highest BCUT2D eigenvalue weighted by Crippen LogP contribution is 2.30. The minimum Gasteiger partial charge on any atom is -0.306 e. The van der Waals surface area contributed by atoms with Gasteiger partial charge in [0.05, 0.1) is 6.04 Å². The van der Waals surface area contributed by atoms with Gasteiger partial charge in [-0.1, -0.05) is 28.9 Å². The van der Waals surface area contributed by atoms with Gasteiger partial charge in [0, 0.05) is 19.7 Å². The van der Waals surface area contributed by atoms with Crippen LogP contribution in [-0.4, -0.2) is 6.54 Å². The molecule has 0 heterocycles. The largest absolute Gasteiger partial charge is 0.306 e. The SMILES string of the molecule is CCCNC(c1ccc(F)cc1F)c1cc(Br)ccc1I. The van der Waals surface area contributed by atoms with Crippen molar-refractivity contribution in [1.29, 1.82) is 0 Å². The Morgan fingerprint density at radius 3 is 2.57 bits per heavy atom. The van der Waals surface area contributed by atoms with Gasteiger partial charge in [-0.3, -0.25) is 0 Å². The molecule has 21 heavy (non-hydrogen) atoms. The number of hydrogen-bond donors (Lipinski definition) is 1. The molecule has 2 rings (SSSR count). The lowest BCUT2D eigenvalue weighted by molar-refractivity contribution is 0.532. The molecule has 0 bridgehead atoms. The van der Waals surface area contributed by atoms with Crippen LogP contribution in [0.25, 0.3) is 0 Å². The van der Waals surface area contributed by atoms with Crippen molar-refractivity contribution < 1.29 is 8.78 Å². The molecule has 1 atom stereocenters. The Bertz CT molecular complexity index is 634. The van der Waals surface area contributed by atoms with E-state index in [9.17, 15) is 8.78 Å². The second kappa shape index (κ2) is 7.65. The molecule has 0 aliphatic carbocycles. The van der Waals surface area contributed by atoms with Crippen LogP contribution in [-0.2, 0) is 0 Å². The topological polar surface area (TPSA) is 12.0 Å². The second-order valence-corrected chi connectivity index (χ2v) is 6.80. The van der Waals surface area contributed by atoms with Gasteiger partial charge in [-0.25, -0.2) is 8.78 Å². The molecule has 5 heteroatoms. The Balaban J connectivity index is 2.49. The van der Waals surface area contributed by atoms with E-state index in [0.29, 0.717) is 5.56 Å². The van der Waals surface area contributed by atoms with Crippen LogP contribution in [0.2, 0.25) is 0 Å². The van der Waals surface area contributed by atoms with Gasteiger partial charge in [-0.2, -0.15) is 0 Å². The van der Waals surface area contributed by atoms with E-state index < -0.39 is 11.6 Å². The van der Waals surface area contributed by atoms with Crippen LogP contribution in [0, 0.1) is 15.2 Å². The van der Waals surface area contributed by atoms with Crippen LogP contribution < -0.4 is 5.32 Å². The zero-order valence-corrected chi connectivity index (χ0v) is 15.2. The third-order valence-electron chi connectivity index (χ3n) is 3.14. The van der Waals surface area contributed by atoms with E-state index in [-0.39, 0.29) is 6.04 Å². The van der Waals surface area contributed by atoms with Crippen molar-refractivity contribution in [2.45, 2.75) is 19.4 Å². The van der Waals surface area contributed by atoms with Crippen LogP contribution in [0.5, 0.6) is 0 Å². The Hall–Kier alpha value is -0.530. The van der Waals surface area contributed by atoms with Gasteiger partial charge >= 0.3 is 0 Å². The molecule has 0 saturated heterocycles. The molecule has 0 aromatic heterocycles. The van der Waals surface area contributed by atoms with Crippen molar-refractivity contribution in [3.63, 3.8) is 0 Å². The summed E-state index contributed by atoms with van der Waals surface area (Å²) in [6, 6.07) is 9.33. The molecule has 1 N–H and O–H groups in total. The Labute approximate surface area is 145 Å². The Morgan fingerprint density at radius 1 is 1.14 bits per heavy atom. The molecule has 0 spiro atoms. The van der Waals surface area contributed by atoms with Gasteiger partial charge in [-0.15, -0.1) is 0 Å². The summed E-state index contributed by atoms with van der Waals surface area (Å²) in [4.78, 5) is 0. The first-order chi connectivity index (χ1) is 10.0. The third-order valence-corrected chi connectivity index (χ3v) is 4.62. The summed E-state index contributed by atoms with van der Waals surface area (Å²) in [5.74, 6) is -1.09. The molecular weight excluding hydrogens is 451 g/mol. The predicted octanol–water partition coefficient (Wildman–Crippen LogP) is 5.42. The number of hydrogen-bond acceptors (Lipinski definition) is 1. The van der Waals surface area contributed by atoms with E-state index in [2.05, 4.69) is 50.8 Å². The van der Waals surface area contributed by atoms with Gasteiger partial charge in [0.1, 0.15) is 11.6 Å². The third kappa shape index (κ3) is 4.23. The lowest BCUT2D eigenvalue weighted by Crippen LogP contribution is -2.25. The summed E-state index contributed by atoms with van der Waals surface area (Å²) >= 11 is 5.68. The van der Waals surface area contributed by atoms with Crippen molar-refractivity contribution in [3.8, 4) is 0 Å². The molecular formula is C16H15BrF2IN. The van der Waals surface area contributed by atoms with Gasteiger partial charge in [-0.05, 0) is 65.4 Å². The summed E-state index contributed by atoms with van der Waals surface area (Å²) < 4.78 is 29.3. The van der Waals surface area contributed by atoms with E-state index in [1.165, 1.54) is 12.1 Å². The fourth-order valence-corrected chi connectivity index (χ4v) is 3.17.